The fourth-order valence-electron chi connectivity index (χ4n) is 8.34. The molecule has 3 unspecified atom stereocenters. The first-order valence-electron chi connectivity index (χ1n) is 16.1. The van der Waals surface area contributed by atoms with Gasteiger partial charge in [0.25, 0.3) is 0 Å². The molecule has 1 saturated carbocycles. The lowest BCUT2D eigenvalue weighted by Gasteiger charge is -2.42. The molecule has 1 aliphatic carbocycles. The lowest BCUT2D eigenvalue weighted by atomic mass is 9.70. The molecule has 9 heteroatoms. The fraction of sp³-hybridized carbons (Fsp3) is 0.472. The van der Waals surface area contributed by atoms with Crippen molar-refractivity contribution in [2.45, 2.75) is 73.2 Å². The molecule has 45 heavy (non-hydrogen) atoms. The highest BCUT2D eigenvalue weighted by Gasteiger charge is 2.77. The van der Waals surface area contributed by atoms with Gasteiger partial charge in [-0.3, -0.25) is 14.4 Å². The van der Waals surface area contributed by atoms with Gasteiger partial charge < -0.3 is 24.5 Å². The summed E-state index contributed by atoms with van der Waals surface area (Å²) in [5.41, 5.74) is 0.188. The Morgan fingerprint density at radius 2 is 1.64 bits per heavy atom. The summed E-state index contributed by atoms with van der Waals surface area (Å²) in [6, 6.07) is 16.9. The third kappa shape index (κ3) is 5.36. The number of amides is 3. The summed E-state index contributed by atoms with van der Waals surface area (Å²) < 4.78 is 6.84. The van der Waals surface area contributed by atoms with Crippen molar-refractivity contribution in [3.63, 3.8) is 0 Å². The standard InChI is InChI=1S/C36H42BrN3O5/c1-3-20-38(25-16-10-6-11-17-25)33(42)29-30-34(43)40(28(23-41)24-14-8-5-9-15-24)32(36(30)22-27(37)31(29)45-36)35(44)39(21-4-2)26-18-12-7-13-19-26/h3-6,8-11,14-17,26-32,41H,1-2,7,12-13,18-23H2/t27?,28-,29+,30+,31+,32?,36?/m1/s1. The quantitative estimate of drug-likeness (QED) is 0.267. The van der Waals surface area contributed by atoms with Gasteiger partial charge in [0.2, 0.25) is 17.7 Å². The van der Waals surface area contributed by atoms with E-state index in [1.165, 1.54) is 0 Å². The summed E-state index contributed by atoms with van der Waals surface area (Å²) in [4.78, 5) is 49.3. The lowest BCUT2D eigenvalue weighted by Crippen LogP contribution is -2.59. The molecule has 6 rings (SSSR count). The Balaban J connectivity index is 1.47. The van der Waals surface area contributed by atoms with E-state index in [1.54, 1.807) is 22.0 Å². The zero-order chi connectivity index (χ0) is 31.7. The Bertz CT molecular complexity index is 1420. The second kappa shape index (κ2) is 13.2. The molecular weight excluding hydrogens is 634 g/mol. The van der Waals surface area contributed by atoms with Crippen molar-refractivity contribution in [1.82, 2.24) is 9.80 Å². The van der Waals surface area contributed by atoms with E-state index in [2.05, 4.69) is 29.1 Å². The van der Waals surface area contributed by atoms with E-state index in [4.69, 9.17) is 4.74 Å². The second-order valence-corrected chi connectivity index (χ2v) is 13.8. The highest BCUT2D eigenvalue weighted by molar-refractivity contribution is 9.09. The minimum Gasteiger partial charge on any atom is -0.394 e. The molecule has 238 valence electrons. The molecule has 3 heterocycles. The van der Waals surface area contributed by atoms with Gasteiger partial charge in [-0.05, 0) is 37.0 Å². The van der Waals surface area contributed by atoms with Crippen LogP contribution in [0.25, 0.3) is 0 Å². The number of carbonyl (C=O) groups excluding carboxylic acids is 3. The van der Waals surface area contributed by atoms with E-state index in [0.29, 0.717) is 18.7 Å². The maximum atomic E-state index is 15.0. The number of nitrogens with zero attached hydrogens (tertiary/aromatic N) is 3. The molecule has 2 bridgehead atoms. The van der Waals surface area contributed by atoms with E-state index in [0.717, 1.165) is 37.7 Å². The third-order valence-corrected chi connectivity index (χ3v) is 11.1. The summed E-state index contributed by atoms with van der Waals surface area (Å²) in [7, 11) is 0. The van der Waals surface area contributed by atoms with Crippen LogP contribution >= 0.6 is 15.9 Å². The number of aliphatic hydroxyl groups excluding tert-OH is 1. The summed E-state index contributed by atoms with van der Waals surface area (Å²) in [6.07, 6.45) is 8.20. The van der Waals surface area contributed by atoms with Crippen LogP contribution in [-0.4, -0.2) is 80.9 Å². The van der Waals surface area contributed by atoms with Gasteiger partial charge in [-0.15, -0.1) is 13.2 Å². The summed E-state index contributed by atoms with van der Waals surface area (Å²) in [5, 5.41) is 10.8. The van der Waals surface area contributed by atoms with Gasteiger partial charge in [0.15, 0.2) is 0 Å². The summed E-state index contributed by atoms with van der Waals surface area (Å²) >= 11 is 3.80. The van der Waals surface area contributed by atoms with Gasteiger partial charge in [0.1, 0.15) is 11.6 Å². The first kappa shape index (κ1) is 31.7. The highest BCUT2D eigenvalue weighted by Crippen LogP contribution is 2.61. The van der Waals surface area contributed by atoms with Crippen LogP contribution in [0.5, 0.6) is 0 Å². The Morgan fingerprint density at radius 1 is 1.00 bits per heavy atom. The molecule has 8 nitrogen and oxygen atoms in total. The molecule has 3 amide bonds. The highest BCUT2D eigenvalue weighted by atomic mass is 79.9. The molecule has 3 saturated heterocycles. The molecule has 0 aromatic heterocycles. The van der Waals surface area contributed by atoms with Crippen LogP contribution < -0.4 is 4.90 Å². The van der Waals surface area contributed by atoms with Gasteiger partial charge in [0.05, 0.1) is 30.6 Å². The molecule has 3 aliphatic heterocycles. The maximum Gasteiger partial charge on any atom is 0.248 e. The van der Waals surface area contributed by atoms with Gasteiger partial charge in [-0.25, -0.2) is 0 Å². The predicted octanol–water partition coefficient (Wildman–Crippen LogP) is 5.03. The zero-order valence-electron chi connectivity index (χ0n) is 25.5. The van der Waals surface area contributed by atoms with Crippen molar-refractivity contribution < 1.29 is 24.2 Å². The largest absolute Gasteiger partial charge is 0.394 e. The molecular formula is C36H42BrN3O5. The SMILES string of the molecule is C=CCN(C(=O)[C@H]1[C@H]2C(=O)N([C@H](CO)c3ccccc3)C(C(=O)N(CC=C)C3CCCCC3)C23CC(Br)[C@@H]1O3)c1ccccc1. The molecule has 4 fully saturated rings. The van der Waals surface area contributed by atoms with E-state index < -0.39 is 35.6 Å². The molecule has 1 N–H and O–H groups in total. The number of anilines is 1. The number of likely N-dealkylation sites (tertiary alicyclic amines) is 1. The zero-order valence-corrected chi connectivity index (χ0v) is 27.1. The average Bonchev–Trinajstić information content (AvgIpc) is 3.67. The molecule has 2 aromatic carbocycles. The number of carbonyl (C=O) groups is 3. The smallest absolute Gasteiger partial charge is 0.248 e. The van der Waals surface area contributed by atoms with Gasteiger partial charge in [0, 0.05) is 29.6 Å². The van der Waals surface area contributed by atoms with Crippen LogP contribution in [0.1, 0.15) is 50.1 Å². The van der Waals surface area contributed by atoms with Crippen molar-refractivity contribution in [3.05, 3.63) is 91.5 Å². The number of hydrogen-bond donors (Lipinski definition) is 1. The van der Waals surface area contributed by atoms with E-state index in [9.17, 15) is 14.7 Å². The van der Waals surface area contributed by atoms with Crippen molar-refractivity contribution >= 4 is 39.3 Å². The molecule has 7 atom stereocenters. The summed E-state index contributed by atoms with van der Waals surface area (Å²) in [6.45, 7) is 8.07. The van der Waals surface area contributed by atoms with Gasteiger partial charge in [-0.1, -0.05) is 95.9 Å². The van der Waals surface area contributed by atoms with Crippen LogP contribution in [0.3, 0.4) is 0 Å². The predicted molar refractivity (Wildman–Crippen MR) is 177 cm³/mol. The first-order chi connectivity index (χ1) is 21.9. The van der Waals surface area contributed by atoms with Crippen LogP contribution in [-0.2, 0) is 19.1 Å². The van der Waals surface area contributed by atoms with Crippen molar-refractivity contribution in [2.24, 2.45) is 11.8 Å². The monoisotopic (exact) mass is 675 g/mol. The molecule has 4 aliphatic rings. The summed E-state index contributed by atoms with van der Waals surface area (Å²) in [5.74, 6) is -2.48. The Kier molecular flexibility index (Phi) is 9.32. The average molecular weight is 677 g/mol. The van der Waals surface area contributed by atoms with Gasteiger partial charge in [-0.2, -0.15) is 0 Å². The van der Waals surface area contributed by atoms with Crippen LogP contribution in [0.4, 0.5) is 5.69 Å². The number of halogens is 1. The maximum absolute atomic E-state index is 15.0. The van der Waals surface area contributed by atoms with E-state index in [1.807, 2.05) is 65.6 Å². The van der Waals surface area contributed by atoms with Crippen LogP contribution in [0.2, 0.25) is 0 Å². The minimum absolute atomic E-state index is 0.0258. The number of rotatable bonds is 11. The van der Waals surface area contributed by atoms with Crippen molar-refractivity contribution in [2.75, 3.05) is 24.6 Å². The van der Waals surface area contributed by atoms with Gasteiger partial charge >= 0.3 is 0 Å². The normalized spacial score (nSPS) is 29.7. The number of fused-ring (bicyclic) bond motifs is 1. The number of alkyl halides is 1. The number of benzene rings is 2. The molecule has 2 aromatic rings. The Labute approximate surface area is 273 Å². The van der Waals surface area contributed by atoms with E-state index in [-0.39, 0.29) is 41.7 Å². The molecule has 0 radical (unpaired) electrons. The Hall–Kier alpha value is -3.27. The van der Waals surface area contributed by atoms with Crippen LogP contribution in [0.15, 0.2) is 86.0 Å². The Morgan fingerprint density at radius 3 is 2.27 bits per heavy atom. The minimum atomic E-state index is -1.24. The van der Waals surface area contributed by atoms with Crippen molar-refractivity contribution in [3.8, 4) is 0 Å². The van der Waals surface area contributed by atoms with Crippen molar-refractivity contribution in [1.29, 1.82) is 0 Å². The molecule has 1 spiro atoms. The number of aliphatic hydroxyl groups is 1. The third-order valence-electron chi connectivity index (χ3n) is 10.2. The number of ether oxygens (including phenoxy) is 1. The number of para-hydroxylation sites is 1. The topological polar surface area (TPSA) is 90.4 Å². The van der Waals surface area contributed by atoms with Crippen LogP contribution in [0, 0.1) is 11.8 Å². The second-order valence-electron chi connectivity index (χ2n) is 12.7. The van der Waals surface area contributed by atoms with E-state index >= 15 is 4.79 Å². The fourth-order valence-corrected chi connectivity index (χ4v) is 9.28. The number of hydrogen-bond acceptors (Lipinski definition) is 5. The first-order valence-corrected chi connectivity index (χ1v) is 17.0. The lowest BCUT2D eigenvalue weighted by molar-refractivity contribution is -0.153.